The lowest BCUT2D eigenvalue weighted by Crippen LogP contribution is -2.48. The molecule has 0 spiro atoms. The van der Waals surface area contributed by atoms with E-state index >= 15 is 0 Å². The number of likely N-dealkylation sites (N-methyl/N-ethyl adjacent to an activating group) is 1. The quantitative estimate of drug-likeness (QED) is 0.623. The zero-order valence-electron chi connectivity index (χ0n) is 10.0. The van der Waals surface area contributed by atoms with Gasteiger partial charge in [-0.3, -0.25) is 0 Å². The number of hydrogen-bond acceptors (Lipinski definition) is 5. The zero-order chi connectivity index (χ0) is 13.1. The highest BCUT2D eigenvalue weighted by Crippen LogP contribution is 2.04. The number of morpholine rings is 1. The fraction of sp³-hybridized carbons (Fsp3) is 0.889. The van der Waals surface area contributed by atoms with Crippen LogP contribution >= 0.6 is 12.2 Å². The minimum absolute atomic E-state index is 0.0285. The minimum Gasteiger partial charge on any atom is -0.392 e. The molecule has 6 nitrogen and oxygen atoms in total. The summed E-state index contributed by atoms with van der Waals surface area (Å²) >= 11 is 4.67. The van der Waals surface area contributed by atoms with E-state index in [1.807, 2.05) is 7.05 Å². The Hall–Kier alpha value is -0.280. The Morgan fingerprint density at radius 2 is 2.35 bits per heavy atom. The molecule has 1 fully saturated rings. The third-order valence-electron chi connectivity index (χ3n) is 2.72. The first-order valence-corrected chi connectivity index (χ1v) is 7.36. The number of nitrogens with zero attached hydrogens (tertiary/aromatic N) is 1. The standard InChI is InChI=1S/C9H19N3O3S2/c1-7(9(10)16)17(13,14)11-5-8-6-12(2)3-4-15-8/h7-8,11H,3-6H2,1-2H3,(H2,10,16). The molecule has 8 heteroatoms. The largest absolute Gasteiger partial charge is 0.392 e. The number of nitrogens with two attached hydrogens (primary N) is 1. The average Bonchev–Trinajstić information content (AvgIpc) is 2.25. The molecule has 1 heterocycles. The maximum Gasteiger partial charge on any atom is 0.220 e. The highest BCUT2D eigenvalue weighted by atomic mass is 32.2. The maximum absolute atomic E-state index is 11.7. The van der Waals surface area contributed by atoms with Crippen molar-refractivity contribution in [2.45, 2.75) is 18.3 Å². The predicted molar refractivity (Wildman–Crippen MR) is 70.4 cm³/mol. The van der Waals surface area contributed by atoms with Crippen LogP contribution in [0.2, 0.25) is 0 Å². The van der Waals surface area contributed by atoms with Gasteiger partial charge in [0.15, 0.2) is 0 Å². The Morgan fingerprint density at radius 3 is 2.88 bits per heavy atom. The van der Waals surface area contributed by atoms with Crippen LogP contribution < -0.4 is 10.5 Å². The molecule has 100 valence electrons. The summed E-state index contributed by atoms with van der Waals surface area (Å²) in [6.45, 7) is 3.92. The Balaban J connectivity index is 2.47. The van der Waals surface area contributed by atoms with Crippen LogP contribution in [-0.4, -0.2) is 62.9 Å². The topological polar surface area (TPSA) is 84.7 Å². The minimum atomic E-state index is -3.49. The molecule has 1 rings (SSSR count). The van der Waals surface area contributed by atoms with Gasteiger partial charge in [0, 0.05) is 19.6 Å². The molecule has 0 radical (unpaired) electrons. The van der Waals surface area contributed by atoms with Gasteiger partial charge in [-0.2, -0.15) is 0 Å². The Bertz CT molecular complexity index is 372. The van der Waals surface area contributed by atoms with Crippen molar-refractivity contribution in [1.29, 1.82) is 0 Å². The van der Waals surface area contributed by atoms with Crippen LogP contribution in [0.15, 0.2) is 0 Å². The first kappa shape index (κ1) is 14.8. The van der Waals surface area contributed by atoms with E-state index in [1.165, 1.54) is 6.92 Å². The monoisotopic (exact) mass is 281 g/mol. The summed E-state index contributed by atoms with van der Waals surface area (Å²) in [7, 11) is -1.52. The number of rotatable bonds is 5. The van der Waals surface area contributed by atoms with Gasteiger partial charge in [-0.05, 0) is 14.0 Å². The van der Waals surface area contributed by atoms with Crippen molar-refractivity contribution in [2.75, 3.05) is 33.3 Å². The molecular formula is C9H19N3O3S2. The molecule has 0 aromatic heterocycles. The van der Waals surface area contributed by atoms with E-state index in [-0.39, 0.29) is 17.6 Å². The van der Waals surface area contributed by atoms with E-state index in [2.05, 4.69) is 21.8 Å². The molecular weight excluding hydrogens is 262 g/mol. The van der Waals surface area contributed by atoms with Gasteiger partial charge in [0.05, 0.1) is 17.7 Å². The van der Waals surface area contributed by atoms with Crippen LogP contribution in [0, 0.1) is 0 Å². The molecule has 1 saturated heterocycles. The Kier molecular flexibility index (Phi) is 5.26. The highest BCUT2D eigenvalue weighted by Gasteiger charge is 2.25. The van der Waals surface area contributed by atoms with E-state index in [0.717, 1.165) is 6.54 Å². The maximum atomic E-state index is 11.7. The second kappa shape index (κ2) is 6.05. The van der Waals surface area contributed by atoms with Gasteiger partial charge in [0.25, 0.3) is 0 Å². The molecule has 3 N–H and O–H groups in total. The SMILES string of the molecule is CC(C(N)=S)S(=O)(=O)NCC1CN(C)CCO1. The van der Waals surface area contributed by atoms with Crippen LogP contribution in [0.3, 0.4) is 0 Å². The van der Waals surface area contributed by atoms with E-state index in [0.29, 0.717) is 13.2 Å². The number of thiocarbonyl (C=S) groups is 1. The van der Waals surface area contributed by atoms with Gasteiger partial charge in [0.1, 0.15) is 5.25 Å². The fourth-order valence-electron chi connectivity index (χ4n) is 1.48. The summed E-state index contributed by atoms with van der Waals surface area (Å²) in [6.07, 6.45) is -0.123. The summed E-state index contributed by atoms with van der Waals surface area (Å²) in [6, 6.07) is 0. The van der Waals surface area contributed by atoms with Crippen molar-refractivity contribution in [3.8, 4) is 0 Å². The molecule has 0 bridgehead atoms. The first-order chi connectivity index (χ1) is 7.83. The summed E-state index contributed by atoms with van der Waals surface area (Å²) in [4.78, 5) is 2.07. The van der Waals surface area contributed by atoms with E-state index in [1.54, 1.807) is 0 Å². The van der Waals surface area contributed by atoms with Crippen molar-refractivity contribution < 1.29 is 13.2 Å². The van der Waals surface area contributed by atoms with Gasteiger partial charge in [-0.1, -0.05) is 12.2 Å². The second-order valence-corrected chi connectivity index (χ2v) is 6.75. The average molecular weight is 281 g/mol. The number of nitrogens with one attached hydrogen (secondary N) is 1. The molecule has 1 aliphatic rings. The normalized spacial score (nSPS) is 24.5. The van der Waals surface area contributed by atoms with Crippen LogP contribution in [0.1, 0.15) is 6.92 Å². The molecule has 2 unspecified atom stereocenters. The molecule has 0 aromatic carbocycles. The molecule has 1 aliphatic heterocycles. The van der Waals surface area contributed by atoms with Gasteiger partial charge in [0.2, 0.25) is 10.0 Å². The van der Waals surface area contributed by atoms with Gasteiger partial charge in [-0.25, -0.2) is 13.1 Å². The van der Waals surface area contributed by atoms with Gasteiger partial charge in [-0.15, -0.1) is 0 Å². The Labute approximate surface area is 108 Å². The van der Waals surface area contributed by atoms with Crippen LogP contribution in [0.5, 0.6) is 0 Å². The number of sulfonamides is 1. The van der Waals surface area contributed by atoms with E-state index in [9.17, 15) is 8.42 Å². The van der Waals surface area contributed by atoms with Gasteiger partial charge < -0.3 is 15.4 Å². The lowest BCUT2D eigenvalue weighted by atomic mass is 10.3. The smallest absolute Gasteiger partial charge is 0.220 e. The lowest BCUT2D eigenvalue weighted by molar-refractivity contribution is -0.0156. The number of ether oxygens (including phenoxy) is 1. The number of hydrogen-bond donors (Lipinski definition) is 2. The van der Waals surface area contributed by atoms with Gasteiger partial charge >= 0.3 is 0 Å². The molecule has 0 saturated carbocycles. The van der Waals surface area contributed by atoms with Crippen molar-refractivity contribution in [1.82, 2.24) is 9.62 Å². The third-order valence-corrected chi connectivity index (χ3v) is 4.98. The second-order valence-electron chi connectivity index (χ2n) is 4.19. The molecule has 0 aliphatic carbocycles. The fourth-order valence-corrected chi connectivity index (χ4v) is 2.83. The molecule has 2 atom stereocenters. The molecule has 0 aromatic rings. The highest BCUT2D eigenvalue weighted by molar-refractivity contribution is 7.93. The van der Waals surface area contributed by atoms with Crippen molar-refractivity contribution in [2.24, 2.45) is 5.73 Å². The first-order valence-electron chi connectivity index (χ1n) is 5.41. The lowest BCUT2D eigenvalue weighted by Gasteiger charge is -2.30. The Morgan fingerprint density at radius 1 is 1.71 bits per heavy atom. The summed E-state index contributed by atoms with van der Waals surface area (Å²) in [5.74, 6) is 0. The summed E-state index contributed by atoms with van der Waals surface area (Å²) in [5, 5.41) is -0.862. The van der Waals surface area contributed by atoms with Crippen molar-refractivity contribution >= 4 is 27.2 Å². The van der Waals surface area contributed by atoms with Crippen LogP contribution in [0.25, 0.3) is 0 Å². The molecule has 0 amide bonds. The summed E-state index contributed by atoms with van der Waals surface area (Å²) in [5.41, 5.74) is 5.33. The zero-order valence-corrected chi connectivity index (χ0v) is 11.7. The predicted octanol–water partition coefficient (Wildman–Crippen LogP) is -1.09. The summed E-state index contributed by atoms with van der Waals surface area (Å²) < 4.78 is 31.4. The van der Waals surface area contributed by atoms with E-state index < -0.39 is 15.3 Å². The molecule has 17 heavy (non-hydrogen) atoms. The van der Waals surface area contributed by atoms with Crippen molar-refractivity contribution in [3.63, 3.8) is 0 Å². The van der Waals surface area contributed by atoms with E-state index in [4.69, 9.17) is 10.5 Å². The van der Waals surface area contributed by atoms with Crippen LogP contribution in [-0.2, 0) is 14.8 Å². The van der Waals surface area contributed by atoms with Crippen molar-refractivity contribution in [3.05, 3.63) is 0 Å². The third kappa shape index (κ3) is 4.47. The van der Waals surface area contributed by atoms with Crippen LogP contribution in [0.4, 0.5) is 0 Å².